The summed E-state index contributed by atoms with van der Waals surface area (Å²) in [6.45, 7) is 0.993. The van der Waals surface area contributed by atoms with Crippen LogP contribution in [0.3, 0.4) is 0 Å². The van der Waals surface area contributed by atoms with Crippen LogP contribution >= 0.6 is 35.0 Å². The lowest BCUT2D eigenvalue weighted by Crippen LogP contribution is -2.35. The fourth-order valence-electron chi connectivity index (χ4n) is 2.04. The van der Waals surface area contributed by atoms with Gasteiger partial charge >= 0.3 is 0 Å². The molecule has 1 nitrogen and oxygen atoms in total. The summed E-state index contributed by atoms with van der Waals surface area (Å²) in [4.78, 5) is 0. The normalized spacial score (nSPS) is 20.5. The number of hydrogen-bond acceptors (Lipinski definition) is 2. The lowest BCUT2D eigenvalue weighted by molar-refractivity contribution is 0.511. The third-order valence-electron chi connectivity index (χ3n) is 3.00. The van der Waals surface area contributed by atoms with Crippen molar-refractivity contribution in [3.8, 4) is 0 Å². The van der Waals surface area contributed by atoms with E-state index in [-0.39, 0.29) is 0 Å². The van der Waals surface area contributed by atoms with Gasteiger partial charge in [0.1, 0.15) is 0 Å². The molecule has 0 saturated carbocycles. The number of halogens is 2. The zero-order valence-electron chi connectivity index (χ0n) is 9.72. The number of hydrogen-bond donors (Lipinski definition) is 1. The van der Waals surface area contributed by atoms with E-state index < -0.39 is 0 Å². The summed E-state index contributed by atoms with van der Waals surface area (Å²) in [6, 6.07) is 6.41. The molecule has 0 spiro atoms. The van der Waals surface area contributed by atoms with Crippen molar-refractivity contribution in [3.05, 3.63) is 33.8 Å². The number of thioether (sulfide) groups is 1. The van der Waals surface area contributed by atoms with Gasteiger partial charge in [0.15, 0.2) is 0 Å². The summed E-state index contributed by atoms with van der Waals surface area (Å²) in [5.74, 6) is 2.57. The van der Waals surface area contributed by atoms with Gasteiger partial charge in [-0.3, -0.25) is 0 Å². The first-order valence-electron chi connectivity index (χ1n) is 6.01. The molecule has 1 aliphatic rings. The first-order valence-corrected chi connectivity index (χ1v) is 7.92. The maximum atomic E-state index is 6.13. The van der Waals surface area contributed by atoms with Gasteiger partial charge in [-0.05, 0) is 49.3 Å². The zero-order valence-corrected chi connectivity index (χ0v) is 12.0. The van der Waals surface area contributed by atoms with Crippen LogP contribution in [0.4, 0.5) is 0 Å². The third-order valence-corrected chi connectivity index (χ3v) is 4.81. The second kappa shape index (κ2) is 6.89. The highest BCUT2D eigenvalue weighted by Gasteiger charge is 2.12. The minimum atomic E-state index is 0.680. The summed E-state index contributed by atoms with van der Waals surface area (Å²) >= 11 is 14.1. The van der Waals surface area contributed by atoms with E-state index in [2.05, 4.69) is 5.32 Å². The predicted octanol–water partition coefficient (Wildman–Crippen LogP) is 4.02. The molecule has 1 aromatic carbocycles. The van der Waals surface area contributed by atoms with E-state index in [9.17, 15) is 0 Å². The molecule has 0 amide bonds. The largest absolute Gasteiger partial charge is 0.313 e. The molecule has 0 aliphatic carbocycles. The highest BCUT2D eigenvalue weighted by Crippen LogP contribution is 2.21. The van der Waals surface area contributed by atoms with E-state index in [0.717, 1.165) is 18.0 Å². The summed E-state index contributed by atoms with van der Waals surface area (Å²) in [7, 11) is 0. The summed E-state index contributed by atoms with van der Waals surface area (Å²) in [5, 5.41) is 5.08. The van der Waals surface area contributed by atoms with Crippen LogP contribution in [0.2, 0.25) is 10.0 Å². The molecular weight excluding hydrogens is 273 g/mol. The Morgan fingerprint density at radius 3 is 2.94 bits per heavy atom. The number of rotatable bonds is 4. The molecule has 1 fully saturated rings. The van der Waals surface area contributed by atoms with Gasteiger partial charge in [-0.15, -0.1) is 0 Å². The van der Waals surface area contributed by atoms with Crippen molar-refractivity contribution in [2.45, 2.75) is 25.3 Å². The minimum Gasteiger partial charge on any atom is -0.313 e. The SMILES string of the molecule is Clc1ccc(CCNC2CCCSC2)c(Cl)c1. The van der Waals surface area contributed by atoms with Crippen molar-refractivity contribution in [1.29, 1.82) is 0 Å². The Balaban J connectivity index is 1.77. The van der Waals surface area contributed by atoms with Crippen LogP contribution < -0.4 is 5.32 Å². The molecule has 0 bridgehead atoms. The minimum absolute atomic E-state index is 0.680. The summed E-state index contributed by atoms with van der Waals surface area (Å²) in [6.07, 6.45) is 3.61. The summed E-state index contributed by atoms with van der Waals surface area (Å²) < 4.78 is 0. The molecule has 1 saturated heterocycles. The van der Waals surface area contributed by atoms with E-state index >= 15 is 0 Å². The van der Waals surface area contributed by atoms with Crippen molar-refractivity contribution in [3.63, 3.8) is 0 Å². The van der Waals surface area contributed by atoms with Crippen molar-refractivity contribution in [2.24, 2.45) is 0 Å². The number of nitrogens with one attached hydrogen (secondary N) is 1. The average Bonchev–Trinajstić information content (AvgIpc) is 2.33. The van der Waals surface area contributed by atoms with Crippen LogP contribution in [0.15, 0.2) is 18.2 Å². The molecule has 0 aromatic heterocycles. The van der Waals surface area contributed by atoms with Crippen LogP contribution in [0, 0.1) is 0 Å². The van der Waals surface area contributed by atoms with Crippen LogP contribution in [-0.4, -0.2) is 24.1 Å². The monoisotopic (exact) mass is 289 g/mol. The molecule has 4 heteroatoms. The Morgan fingerprint density at radius 2 is 2.24 bits per heavy atom. The van der Waals surface area contributed by atoms with Gasteiger partial charge in [-0.2, -0.15) is 11.8 Å². The van der Waals surface area contributed by atoms with Crippen LogP contribution in [-0.2, 0) is 6.42 Å². The molecule has 1 heterocycles. The highest BCUT2D eigenvalue weighted by molar-refractivity contribution is 7.99. The maximum Gasteiger partial charge on any atom is 0.0453 e. The molecule has 1 atom stereocenters. The Kier molecular flexibility index (Phi) is 5.49. The van der Waals surface area contributed by atoms with Gasteiger partial charge in [0.05, 0.1) is 0 Å². The van der Waals surface area contributed by atoms with Gasteiger partial charge in [0, 0.05) is 21.8 Å². The van der Waals surface area contributed by atoms with Gasteiger partial charge in [0.25, 0.3) is 0 Å². The average molecular weight is 290 g/mol. The third kappa shape index (κ3) is 4.36. The molecule has 2 rings (SSSR count). The fourth-order valence-corrected chi connectivity index (χ4v) is 3.65. The Bertz CT molecular complexity index is 364. The molecule has 1 N–H and O–H groups in total. The quantitative estimate of drug-likeness (QED) is 0.899. The highest BCUT2D eigenvalue weighted by atomic mass is 35.5. The second-order valence-electron chi connectivity index (χ2n) is 4.35. The topological polar surface area (TPSA) is 12.0 Å². The van der Waals surface area contributed by atoms with Crippen molar-refractivity contribution in [1.82, 2.24) is 5.32 Å². The Hall–Kier alpha value is 0.110. The van der Waals surface area contributed by atoms with Crippen LogP contribution in [0.25, 0.3) is 0 Å². The summed E-state index contributed by atoms with van der Waals surface area (Å²) in [5.41, 5.74) is 1.17. The lowest BCUT2D eigenvalue weighted by Gasteiger charge is -2.22. The Morgan fingerprint density at radius 1 is 1.35 bits per heavy atom. The van der Waals surface area contributed by atoms with Gasteiger partial charge in [-0.25, -0.2) is 0 Å². The second-order valence-corrected chi connectivity index (χ2v) is 6.35. The van der Waals surface area contributed by atoms with Gasteiger partial charge < -0.3 is 5.32 Å². The van der Waals surface area contributed by atoms with Crippen molar-refractivity contribution >= 4 is 35.0 Å². The lowest BCUT2D eigenvalue weighted by atomic mass is 10.1. The molecule has 1 unspecified atom stereocenters. The van der Waals surface area contributed by atoms with E-state index in [0.29, 0.717) is 11.1 Å². The first kappa shape index (κ1) is 13.5. The standard InChI is InChI=1S/C13H17Cl2NS/c14-11-4-3-10(13(15)8-11)5-6-16-12-2-1-7-17-9-12/h3-4,8,12,16H,1-2,5-7,9H2. The fraction of sp³-hybridized carbons (Fsp3) is 0.538. The van der Waals surface area contributed by atoms with E-state index in [4.69, 9.17) is 23.2 Å². The van der Waals surface area contributed by atoms with E-state index in [1.165, 1.54) is 29.9 Å². The molecule has 1 aromatic rings. The molecule has 0 radical (unpaired) electrons. The van der Waals surface area contributed by atoms with Crippen LogP contribution in [0.1, 0.15) is 18.4 Å². The smallest absolute Gasteiger partial charge is 0.0453 e. The molecule has 17 heavy (non-hydrogen) atoms. The van der Waals surface area contributed by atoms with E-state index in [1.54, 1.807) is 0 Å². The molecular formula is C13H17Cl2NS. The van der Waals surface area contributed by atoms with E-state index in [1.807, 2.05) is 30.0 Å². The predicted molar refractivity (Wildman–Crippen MR) is 78.5 cm³/mol. The maximum absolute atomic E-state index is 6.13. The van der Waals surface area contributed by atoms with Crippen molar-refractivity contribution < 1.29 is 0 Å². The number of benzene rings is 1. The van der Waals surface area contributed by atoms with Gasteiger partial charge in [-0.1, -0.05) is 29.3 Å². The Labute approximate surface area is 117 Å². The van der Waals surface area contributed by atoms with Gasteiger partial charge in [0.2, 0.25) is 0 Å². The van der Waals surface area contributed by atoms with Crippen LogP contribution in [0.5, 0.6) is 0 Å². The molecule has 94 valence electrons. The zero-order chi connectivity index (χ0) is 12.1. The van der Waals surface area contributed by atoms with Crippen molar-refractivity contribution in [2.75, 3.05) is 18.1 Å². The molecule has 1 aliphatic heterocycles. The first-order chi connectivity index (χ1) is 8.25.